The predicted molar refractivity (Wildman–Crippen MR) is 111 cm³/mol. The molecular weight excluding hydrogens is 415 g/mol. The molecule has 4 rings (SSSR count). The Bertz CT molecular complexity index is 1220. The van der Waals surface area contributed by atoms with E-state index in [1.165, 1.54) is 28.5 Å². The summed E-state index contributed by atoms with van der Waals surface area (Å²) in [5.41, 5.74) is 1.42. The van der Waals surface area contributed by atoms with Crippen LogP contribution in [0.25, 0.3) is 11.3 Å². The lowest BCUT2D eigenvalue weighted by Gasteiger charge is -2.08. The smallest absolute Gasteiger partial charge is 0.300 e. The molecular formula is C20H16ClFN4O2S. The van der Waals surface area contributed by atoms with Gasteiger partial charge in [0.05, 0.1) is 6.61 Å². The molecule has 0 spiro atoms. The maximum atomic E-state index is 13.2. The first-order valence-corrected chi connectivity index (χ1v) is 10.2. The van der Waals surface area contributed by atoms with Gasteiger partial charge in [-0.05, 0) is 48.9 Å². The first-order valence-electron chi connectivity index (χ1n) is 8.83. The first-order chi connectivity index (χ1) is 14.1. The highest BCUT2D eigenvalue weighted by Crippen LogP contribution is 2.26. The Morgan fingerprint density at radius 2 is 1.93 bits per heavy atom. The summed E-state index contributed by atoms with van der Waals surface area (Å²) in [5.74, 6) is 0.833. The third-order valence-electron chi connectivity index (χ3n) is 4.24. The second-order valence-electron chi connectivity index (χ2n) is 6.10. The number of hydrogen-bond acceptors (Lipinski definition) is 5. The van der Waals surface area contributed by atoms with Crippen molar-refractivity contribution in [1.82, 2.24) is 19.2 Å². The molecule has 148 valence electrons. The van der Waals surface area contributed by atoms with Crippen LogP contribution in [0.15, 0.2) is 64.8 Å². The van der Waals surface area contributed by atoms with E-state index in [2.05, 4.69) is 10.2 Å². The third kappa shape index (κ3) is 3.99. The SMILES string of the molecule is CCOc1ccc(-n2ccn3c(SCc4ccc(F)cc4Cl)nnc3c2=O)cc1. The zero-order chi connectivity index (χ0) is 20.4. The van der Waals surface area contributed by atoms with Crippen molar-refractivity contribution in [2.45, 2.75) is 17.8 Å². The molecule has 4 aromatic rings. The van der Waals surface area contributed by atoms with E-state index >= 15 is 0 Å². The van der Waals surface area contributed by atoms with Gasteiger partial charge < -0.3 is 4.74 Å². The minimum atomic E-state index is -0.383. The fraction of sp³-hybridized carbons (Fsp3) is 0.150. The number of thioether (sulfide) groups is 1. The summed E-state index contributed by atoms with van der Waals surface area (Å²) < 4.78 is 21.8. The van der Waals surface area contributed by atoms with Gasteiger partial charge in [0.25, 0.3) is 0 Å². The monoisotopic (exact) mass is 430 g/mol. The van der Waals surface area contributed by atoms with Crippen molar-refractivity contribution in [1.29, 1.82) is 0 Å². The molecule has 0 fully saturated rings. The summed E-state index contributed by atoms with van der Waals surface area (Å²) in [5, 5.41) is 9.06. The van der Waals surface area contributed by atoms with Gasteiger partial charge in [-0.2, -0.15) is 0 Å². The molecule has 0 amide bonds. The molecule has 0 aliphatic heterocycles. The number of benzene rings is 2. The van der Waals surface area contributed by atoms with Gasteiger partial charge in [0.2, 0.25) is 5.65 Å². The van der Waals surface area contributed by atoms with E-state index in [0.717, 1.165) is 11.3 Å². The largest absolute Gasteiger partial charge is 0.494 e. The van der Waals surface area contributed by atoms with Crippen LogP contribution in [0, 0.1) is 5.82 Å². The first kappa shape index (κ1) is 19.5. The van der Waals surface area contributed by atoms with Crippen molar-refractivity contribution in [2.75, 3.05) is 6.61 Å². The lowest BCUT2D eigenvalue weighted by atomic mass is 10.2. The minimum absolute atomic E-state index is 0.217. The Kier molecular flexibility index (Phi) is 5.55. The zero-order valence-corrected chi connectivity index (χ0v) is 17.0. The van der Waals surface area contributed by atoms with Gasteiger partial charge in [0, 0.05) is 28.9 Å². The summed E-state index contributed by atoms with van der Waals surface area (Å²) in [6.07, 6.45) is 3.41. The number of fused-ring (bicyclic) bond motifs is 1. The molecule has 0 saturated carbocycles. The number of nitrogens with zero attached hydrogens (tertiary/aromatic N) is 4. The Morgan fingerprint density at radius 3 is 2.66 bits per heavy atom. The number of ether oxygens (including phenoxy) is 1. The third-order valence-corrected chi connectivity index (χ3v) is 5.58. The molecule has 9 heteroatoms. The van der Waals surface area contributed by atoms with Gasteiger partial charge in [-0.3, -0.25) is 13.8 Å². The topological polar surface area (TPSA) is 61.4 Å². The predicted octanol–water partition coefficient (Wildman–Crippen LogP) is 4.36. The molecule has 29 heavy (non-hydrogen) atoms. The van der Waals surface area contributed by atoms with Crippen LogP contribution in [-0.4, -0.2) is 25.8 Å². The van der Waals surface area contributed by atoms with Crippen molar-refractivity contribution < 1.29 is 9.13 Å². The quantitative estimate of drug-likeness (QED) is 0.425. The molecule has 0 unspecified atom stereocenters. The second kappa shape index (κ2) is 8.26. The summed E-state index contributed by atoms with van der Waals surface area (Å²) in [6.45, 7) is 2.49. The lowest BCUT2D eigenvalue weighted by molar-refractivity contribution is 0.340. The van der Waals surface area contributed by atoms with E-state index < -0.39 is 0 Å². The fourth-order valence-corrected chi connectivity index (χ4v) is 4.05. The Morgan fingerprint density at radius 1 is 1.14 bits per heavy atom. The Hall–Kier alpha value is -2.84. The molecule has 0 saturated heterocycles. The molecule has 2 heterocycles. The molecule has 2 aromatic carbocycles. The molecule has 0 N–H and O–H groups in total. The van der Waals surface area contributed by atoms with E-state index in [-0.39, 0.29) is 17.0 Å². The average molecular weight is 431 g/mol. The number of aromatic nitrogens is 4. The number of hydrogen-bond donors (Lipinski definition) is 0. The van der Waals surface area contributed by atoms with Crippen LogP contribution in [0.3, 0.4) is 0 Å². The highest BCUT2D eigenvalue weighted by Gasteiger charge is 2.13. The number of halogens is 2. The molecule has 0 aliphatic rings. The van der Waals surface area contributed by atoms with Gasteiger partial charge >= 0.3 is 5.56 Å². The Labute approximate surface area is 174 Å². The summed E-state index contributed by atoms with van der Waals surface area (Å²) >= 11 is 7.44. The molecule has 2 aromatic heterocycles. The molecule has 0 aliphatic carbocycles. The van der Waals surface area contributed by atoms with Gasteiger partial charge in [-0.15, -0.1) is 10.2 Å². The fourth-order valence-electron chi connectivity index (χ4n) is 2.82. The maximum absolute atomic E-state index is 13.2. The van der Waals surface area contributed by atoms with Crippen LogP contribution in [0.1, 0.15) is 12.5 Å². The van der Waals surface area contributed by atoms with Crippen LogP contribution in [0.5, 0.6) is 5.75 Å². The van der Waals surface area contributed by atoms with E-state index in [9.17, 15) is 9.18 Å². The molecule has 0 atom stereocenters. The van der Waals surface area contributed by atoms with Crippen LogP contribution in [0.2, 0.25) is 5.02 Å². The van der Waals surface area contributed by atoms with E-state index in [0.29, 0.717) is 28.2 Å². The van der Waals surface area contributed by atoms with Crippen molar-refractivity contribution >= 4 is 29.0 Å². The van der Waals surface area contributed by atoms with Crippen molar-refractivity contribution in [3.63, 3.8) is 0 Å². The van der Waals surface area contributed by atoms with E-state index in [4.69, 9.17) is 16.3 Å². The van der Waals surface area contributed by atoms with Crippen LogP contribution in [-0.2, 0) is 5.75 Å². The Balaban J connectivity index is 1.61. The van der Waals surface area contributed by atoms with Crippen molar-refractivity contribution in [3.8, 4) is 11.4 Å². The summed E-state index contributed by atoms with van der Waals surface area (Å²) in [4.78, 5) is 12.9. The normalized spacial score (nSPS) is 11.1. The molecule has 0 bridgehead atoms. The highest BCUT2D eigenvalue weighted by atomic mass is 35.5. The highest BCUT2D eigenvalue weighted by molar-refractivity contribution is 7.98. The van der Waals surface area contributed by atoms with Crippen molar-refractivity contribution in [3.05, 3.63) is 81.6 Å². The summed E-state index contributed by atoms with van der Waals surface area (Å²) in [6, 6.07) is 11.5. The van der Waals surface area contributed by atoms with Gasteiger partial charge in [0.15, 0.2) is 5.16 Å². The van der Waals surface area contributed by atoms with Gasteiger partial charge in [-0.25, -0.2) is 4.39 Å². The van der Waals surface area contributed by atoms with Crippen LogP contribution >= 0.6 is 23.4 Å². The van der Waals surface area contributed by atoms with Crippen LogP contribution in [0.4, 0.5) is 4.39 Å². The molecule has 0 radical (unpaired) electrons. The maximum Gasteiger partial charge on any atom is 0.300 e. The average Bonchev–Trinajstić information content (AvgIpc) is 3.13. The van der Waals surface area contributed by atoms with E-state index in [1.54, 1.807) is 22.9 Å². The van der Waals surface area contributed by atoms with Gasteiger partial charge in [0.1, 0.15) is 11.6 Å². The minimum Gasteiger partial charge on any atom is -0.494 e. The van der Waals surface area contributed by atoms with Crippen LogP contribution < -0.4 is 10.3 Å². The van der Waals surface area contributed by atoms with Gasteiger partial charge in [-0.1, -0.05) is 29.4 Å². The van der Waals surface area contributed by atoms with Crippen molar-refractivity contribution in [2.24, 2.45) is 0 Å². The standard InChI is InChI=1S/C20H16ClFN4O2S/c1-2-28-16-7-5-15(6-8-16)25-9-10-26-18(19(25)27)23-24-20(26)29-12-13-3-4-14(22)11-17(13)21/h3-11H,2,12H2,1H3. The number of rotatable bonds is 6. The zero-order valence-electron chi connectivity index (χ0n) is 15.4. The lowest BCUT2D eigenvalue weighted by Crippen LogP contribution is -2.20. The molecule has 6 nitrogen and oxygen atoms in total. The second-order valence-corrected chi connectivity index (χ2v) is 7.45. The summed E-state index contributed by atoms with van der Waals surface area (Å²) in [7, 11) is 0. The van der Waals surface area contributed by atoms with E-state index in [1.807, 2.05) is 31.2 Å².